The van der Waals surface area contributed by atoms with Gasteiger partial charge in [-0.05, 0) is 87.3 Å². The van der Waals surface area contributed by atoms with Gasteiger partial charge in [-0.2, -0.15) is 0 Å². The minimum Gasteiger partial charge on any atom is -0.453 e. The Kier molecular flexibility index (Phi) is 4.84. The molecule has 0 atom stereocenters. The first-order valence-electron chi connectivity index (χ1n) is 16.1. The van der Waals surface area contributed by atoms with Crippen molar-refractivity contribution in [2.45, 2.75) is 0 Å². The largest absolute Gasteiger partial charge is 0.453 e. The van der Waals surface area contributed by atoms with Gasteiger partial charge in [-0.15, -0.1) is 0 Å². The van der Waals surface area contributed by atoms with Gasteiger partial charge in [-0.3, -0.25) is 0 Å². The molecule has 218 valence electrons. The molecule has 0 N–H and O–H groups in total. The summed E-state index contributed by atoms with van der Waals surface area (Å²) in [6, 6.07) is 57.1. The lowest BCUT2D eigenvalue weighted by molar-refractivity contribution is 0.476. The summed E-state index contributed by atoms with van der Waals surface area (Å²) in [5.74, 6) is 1.78. The fourth-order valence-electron chi connectivity index (χ4n) is 7.97. The predicted octanol–water partition coefficient (Wildman–Crippen LogP) is 12.0. The lowest BCUT2D eigenvalue weighted by atomic mass is 9.96. The Balaban J connectivity index is 1.04. The second-order valence-corrected chi connectivity index (χ2v) is 12.6. The number of benzene rings is 8. The van der Waals surface area contributed by atoms with Crippen LogP contribution in [0.5, 0.6) is 11.5 Å². The molecule has 0 unspecified atom stereocenters. The van der Waals surface area contributed by atoms with Crippen molar-refractivity contribution >= 4 is 65.2 Å². The summed E-state index contributed by atoms with van der Waals surface area (Å²) in [6.45, 7) is 0. The zero-order valence-corrected chi connectivity index (χ0v) is 25.3. The Bertz CT molecular complexity index is 2890. The summed E-state index contributed by atoms with van der Waals surface area (Å²) in [7, 11) is 0. The molecule has 11 rings (SSSR count). The maximum absolute atomic E-state index is 6.45. The summed E-state index contributed by atoms with van der Waals surface area (Å²) in [5.41, 5.74) is 9.39. The number of rotatable bonds is 2. The summed E-state index contributed by atoms with van der Waals surface area (Å²) in [6.07, 6.45) is 0. The molecule has 3 heteroatoms. The fraction of sp³-hybridized carbons (Fsp3) is 0. The summed E-state index contributed by atoms with van der Waals surface area (Å²) >= 11 is 0. The molecule has 0 radical (unpaired) electrons. The topological polar surface area (TPSA) is 19.1 Å². The van der Waals surface area contributed by atoms with Crippen molar-refractivity contribution in [3.8, 4) is 34.0 Å². The van der Waals surface area contributed by atoms with Crippen molar-refractivity contribution < 1.29 is 4.74 Å². The molecule has 1 aliphatic heterocycles. The number of hydrogen-bond acceptors (Lipinski definition) is 1. The van der Waals surface area contributed by atoms with Gasteiger partial charge >= 0.3 is 0 Å². The average molecular weight is 599 g/mol. The predicted molar refractivity (Wildman–Crippen MR) is 196 cm³/mol. The molecular weight excluding hydrogens is 572 g/mol. The minimum atomic E-state index is 0.876. The SMILES string of the molecule is c1ccc2c(c1)c1ccccc1n2-c1ccc2c(ccc3cc(-c4ccc5c(c4)-n4c6ccccc6c6cccc(c64)O5)ccc32)c1. The summed E-state index contributed by atoms with van der Waals surface area (Å²) in [4.78, 5) is 0. The third-order valence-corrected chi connectivity index (χ3v) is 10.1. The van der Waals surface area contributed by atoms with E-state index in [2.05, 4.69) is 167 Å². The van der Waals surface area contributed by atoms with Gasteiger partial charge in [-0.1, -0.05) is 103 Å². The molecular formula is C44H26N2O. The number of nitrogens with zero attached hydrogens (tertiary/aromatic N) is 2. The summed E-state index contributed by atoms with van der Waals surface area (Å²) < 4.78 is 11.2. The van der Waals surface area contributed by atoms with Gasteiger partial charge in [0.2, 0.25) is 0 Å². The molecule has 10 aromatic rings. The van der Waals surface area contributed by atoms with E-state index in [4.69, 9.17) is 4.74 Å². The van der Waals surface area contributed by atoms with E-state index in [1.165, 1.54) is 76.5 Å². The van der Waals surface area contributed by atoms with Crippen LogP contribution in [0.25, 0.3) is 87.7 Å². The van der Waals surface area contributed by atoms with Crippen molar-refractivity contribution in [1.82, 2.24) is 9.13 Å². The van der Waals surface area contributed by atoms with Crippen LogP contribution in [0.3, 0.4) is 0 Å². The Hall–Kier alpha value is -6.32. The van der Waals surface area contributed by atoms with Crippen molar-refractivity contribution in [2.24, 2.45) is 0 Å². The third kappa shape index (κ3) is 3.40. The molecule has 0 amide bonds. The van der Waals surface area contributed by atoms with Crippen molar-refractivity contribution in [2.75, 3.05) is 0 Å². The van der Waals surface area contributed by atoms with Gasteiger partial charge < -0.3 is 13.9 Å². The van der Waals surface area contributed by atoms with Gasteiger partial charge in [0.15, 0.2) is 11.5 Å². The van der Waals surface area contributed by atoms with E-state index in [0.29, 0.717) is 0 Å². The smallest absolute Gasteiger partial charge is 0.152 e. The zero-order valence-electron chi connectivity index (χ0n) is 25.3. The molecule has 3 heterocycles. The normalized spacial score (nSPS) is 12.4. The number of fused-ring (bicyclic) bond motifs is 11. The highest BCUT2D eigenvalue weighted by atomic mass is 16.5. The molecule has 8 aromatic carbocycles. The van der Waals surface area contributed by atoms with Crippen molar-refractivity contribution in [1.29, 1.82) is 0 Å². The van der Waals surface area contributed by atoms with Crippen LogP contribution in [0.2, 0.25) is 0 Å². The van der Waals surface area contributed by atoms with Gasteiger partial charge in [0, 0.05) is 27.2 Å². The monoisotopic (exact) mass is 598 g/mol. The molecule has 3 nitrogen and oxygen atoms in total. The van der Waals surface area contributed by atoms with Crippen LogP contribution in [-0.2, 0) is 0 Å². The first-order chi connectivity index (χ1) is 23.3. The van der Waals surface area contributed by atoms with Crippen LogP contribution >= 0.6 is 0 Å². The number of hydrogen-bond donors (Lipinski definition) is 0. The lowest BCUT2D eigenvalue weighted by Crippen LogP contribution is -2.04. The van der Waals surface area contributed by atoms with Crippen molar-refractivity contribution in [3.05, 3.63) is 158 Å². The van der Waals surface area contributed by atoms with Crippen LogP contribution in [0.4, 0.5) is 0 Å². The standard InChI is InChI=1S/C44H26N2O/c1-4-12-38-34(8-1)35-9-2-5-13-39(35)45(38)31-20-22-33-30(25-31)17-16-29-24-27(18-21-32(29)33)28-19-23-42-41(26-28)46-40-14-6-3-10-36(40)37-11-7-15-43(47-42)44(37)46/h1-26H. The van der Waals surface area contributed by atoms with Gasteiger partial charge in [0.25, 0.3) is 0 Å². The highest BCUT2D eigenvalue weighted by molar-refractivity contribution is 6.13. The third-order valence-electron chi connectivity index (χ3n) is 10.1. The first-order valence-corrected chi connectivity index (χ1v) is 16.1. The van der Waals surface area contributed by atoms with Crippen LogP contribution in [0.1, 0.15) is 0 Å². The maximum atomic E-state index is 6.45. The van der Waals surface area contributed by atoms with E-state index in [-0.39, 0.29) is 0 Å². The molecule has 0 saturated carbocycles. The molecule has 0 spiro atoms. The molecule has 1 aliphatic rings. The average Bonchev–Trinajstić information content (AvgIpc) is 3.65. The second-order valence-electron chi connectivity index (χ2n) is 12.6. The second kappa shape index (κ2) is 9.12. The molecule has 0 fully saturated rings. The minimum absolute atomic E-state index is 0.876. The quantitative estimate of drug-likeness (QED) is 0.181. The molecule has 47 heavy (non-hydrogen) atoms. The fourth-order valence-corrected chi connectivity index (χ4v) is 7.97. The number of para-hydroxylation sites is 4. The van der Waals surface area contributed by atoms with E-state index in [0.717, 1.165) is 22.7 Å². The van der Waals surface area contributed by atoms with Crippen LogP contribution in [0.15, 0.2) is 158 Å². The van der Waals surface area contributed by atoms with Crippen LogP contribution in [-0.4, -0.2) is 9.13 Å². The Morgan fingerprint density at radius 3 is 1.68 bits per heavy atom. The van der Waals surface area contributed by atoms with E-state index >= 15 is 0 Å². The number of aromatic nitrogens is 2. The molecule has 2 aromatic heterocycles. The van der Waals surface area contributed by atoms with Gasteiger partial charge in [0.05, 0.1) is 27.8 Å². The Morgan fingerprint density at radius 2 is 0.936 bits per heavy atom. The summed E-state index contributed by atoms with van der Waals surface area (Å²) in [5, 5.41) is 10.00. The highest BCUT2D eigenvalue weighted by Crippen LogP contribution is 2.46. The van der Waals surface area contributed by atoms with Crippen LogP contribution in [0, 0.1) is 0 Å². The molecule has 0 saturated heterocycles. The molecule has 0 aliphatic carbocycles. The van der Waals surface area contributed by atoms with Gasteiger partial charge in [-0.25, -0.2) is 0 Å². The van der Waals surface area contributed by atoms with E-state index in [1.54, 1.807) is 0 Å². The Morgan fingerprint density at radius 1 is 0.362 bits per heavy atom. The Labute approximate surface area is 270 Å². The molecule has 0 bridgehead atoms. The zero-order chi connectivity index (χ0) is 30.6. The van der Waals surface area contributed by atoms with E-state index in [9.17, 15) is 0 Å². The van der Waals surface area contributed by atoms with Crippen LogP contribution < -0.4 is 4.74 Å². The van der Waals surface area contributed by atoms with E-state index < -0.39 is 0 Å². The first kappa shape index (κ1) is 24.9. The number of ether oxygens (including phenoxy) is 1. The lowest BCUT2D eigenvalue weighted by Gasteiger charge is -2.22. The van der Waals surface area contributed by atoms with Gasteiger partial charge in [0.1, 0.15) is 0 Å². The highest BCUT2D eigenvalue weighted by Gasteiger charge is 2.24. The van der Waals surface area contributed by atoms with E-state index in [1.807, 2.05) is 0 Å². The maximum Gasteiger partial charge on any atom is 0.152 e. The van der Waals surface area contributed by atoms with Crippen molar-refractivity contribution in [3.63, 3.8) is 0 Å².